The molecule has 112 valence electrons. The summed E-state index contributed by atoms with van der Waals surface area (Å²) in [6.45, 7) is 1.91. The predicted octanol–water partition coefficient (Wildman–Crippen LogP) is 1.12. The molecule has 20 heavy (non-hydrogen) atoms. The minimum atomic E-state index is -0.858. The lowest BCUT2D eigenvalue weighted by Gasteiger charge is -2.32. The first-order valence-electron chi connectivity index (χ1n) is 7.02. The summed E-state index contributed by atoms with van der Waals surface area (Å²) >= 11 is 1.53. The number of aryl methyl sites for hydroxylation is 1. The van der Waals surface area contributed by atoms with Gasteiger partial charge in [-0.2, -0.15) is 0 Å². The fourth-order valence-corrected chi connectivity index (χ4v) is 3.29. The number of carbonyl (C=O) groups is 1. The summed E-state index contributed by atoms with van der Waals surface area (Å²) in [5.74, 6) is -0.0616. The minimum Gasteiger partial charge on any atom is -0.390 e. The summed E-state index contributed by atoms with van der Waals surface area (Å²) in [7, 11) is 1.70. The van der Waals surface area contributed by atoms with Crippen molar-refractivity contribution in [1.82, 2.24) is 9.88 Å². The Morgan fingerprint density at radius 2 is 2.15 bits per heavy atom. The zero-order valence-electron chi connectivity index (χ0n) is 12.0. The normalized spacial score (nSPS) is 27.1. The first-order valence-corrected chi connectivity index (χ1v) is 7.90. The Balaban J connectivity index is 2.01. The number of carbonyl (C=O) groups excluding carboxylic acids is 1. The molecule has 5 nitrogen and oxygen atoms in total. The van der Waals surface area contributed by atoms with E-state index < -0.39 is 12.2 Å². The standard InChI is InChI=1S/C14H22N2O3S/c1-9-15-10(8-20-9)7-13(18)16(2)11-5-3-4-6-12(17)14(11)19/h8,11-12,14,17,19H,3-7H2,1-2H3/t11-,12-,14-/m1/s1. The molecule has 6 heteroatoms. The van der Waals surface area contributed by atoms with Crippen LogP contribution in [0.4, 0.5) is 0 Å². The summed E-state index contributed by atoms with van der Waals surface area (Å²) in [4.78, 5) is 18.2. The quantitative estimate of drug-likeness (QED) is 0.820. The van der Waals surface area contributed by atoms with Gasteiger partial charge in [-0.25, -0.2) is 4.98 Å². The van der Waals surface area contributed by atoms with Crippen molar-refractivity contribution in [2.24, 2.45) is 0 Å². The molecule has 1 amide bonds. The molecule has 1 saturated carbocycles. The molecular weight excluding hydrogens is 276 g/mol. The SMILES string of the molecule is Cc1nc(CC(=O)N(C)[C@@H]2CCCC[C@@H](O)[C@@H]2O)cs1. The Morgan fingerprint density at radius 1 is 1.45 bits per heavy atom. The molecule has 0 aliphatic heterocycles. The number of aliphatic hydroxyl groups is 2. The third-order valence-corrected chi connectivity index (χ3v) is 4.75. The van der Waals surface area contributed by atoms with Crippen molar-refractivity contribution in [3.05, 3.63) is 16.1 Å². The van der Waals surface area contributed by atoms with Crippen LogP contribution in [0.25, 0.3) is 0 Å². The molecule has 2 rings (SSSR count). The molecule has 1 aliphatic carbocycles. The van der Waals surface area contributed by atoms with Crippen LogP contribution in [-0.4, -0.2) is 51.3 Å². The smallest absolute Gasteiger partial charge is 0.228 e. The molecule has 2 N–H and O–H groups in total. The van der Waals surface area contributed by atoms with Crippen LogP contribution in [-0.2, 0) is 11.2 Å². The van der Waals surface area contributed by atoms with E-state index >= 15 is 0 Å². The summed E-state index contributed by atoms with van der Waals surface area (Å²) < 4.78 is 0. The fourth-order valence-electron chi connectivity index (χ4n) is 2.68. The second-order valence-electron chi connectivity index (χ2n) is 5.45. The summed E-state index contributed by atoms with van der Waals surface area (Å²) in [6, 6.07) is -0.306. The van der Waals surface area contributed by atoms with Crippen molar-refractivity contribution in [3.8, 4) is 0 Å². The monoisotopic (exact) mass is 298 g/mol. The highest BCUT2D eigenvalue weighted by atomic mass is 32.1. The van der Waals surface area contributed by atoms with Gasteiger partial charge in [0.15, 0.2) is 0 Å². The van der Waals surface area contributed by atoms with Gasteiger partial charge < -0.3 is 15.1 Å². The highest BCUT2D eigenvalue weighted by molar-refractivity contribution is 7.09. The van der Waals surface area contributed by atoms with Crippen LogP contribution >= 0.6 is 11.3 Å². The maximum absolute atomic E-state index is 12.3. The lowest BCUT2D eigenvalue weighted by Crippen LogP contribution is -2.48. The third kappa shape index (κ3) is 3.56. The Hall–Kier alpha value is -0.980. The molecule has 0 unspecified atom stereocenters. The second kappa shape index (κ2) is 6.65. The largest absolute Gasteiger partial charge is 0.390 e. The van der Waals surface area contributed by atoms with Gasteiger partial charge in [0.2, 0.25) is 5.91 Å². The van der Waals surface area contributed by atoms with E-state index in [2.05, 4.69) is 4.98 Å². The van der Waals surface area contributed by atoms with E-state index in [1.807, 2.05) is 12.3 Å². The third-order valence-electron chi connectivity index (χ3n) is 3.93. The van der Waals surface area contributed by atoms with Gasteiger partial charge in [-0.05, 0) is 19.8 Å². The average molecular weight is 298 g/mol. The van der Waals surface area contributed by atoms with Crippen molar-refractivity contribution in [2.75, 3.05) is 7.05 Å². The molecule has 3 atom stereocenters. The molecular formula is C14H22N2O3S. The van der Waals surface area contributed by atoms with E-state index in [0.717, 1.165) is 30.0 Å². The molecule has 1 aromatic heterocycles. The van der Waals surface area contributed by atoms with Gasteiger partial charge in [-0.3, -0.25) is 4.79 Å². The van der Waals surface area contributed by atoms with Crippen molar-refractivity contribution < 1.29 is 15.0 Å². The topological polar surface area (TPSA) is 73.7 Å². The van der Waals surface area contributed by atoms with Gasteiger partial charge in [-0.15, -0.1) is 11.3 Å². The summed E-state index contributed by atoms with van der Waals surface area (Å²) in [5.41, 5.74) is 0.771. The molecule has 1 aliphatic rings. The number of hydrogen-bond acceptors (Lipinski definition) is 5. The van der Waals surface area contributed by atoms with E-state index in [-0.39, 0.29) is 18.4 Å². The Morgan fingerprint density at radius 3 is 2.80 bits per heavy atom. The molecule has 0 aromatic carbocycles. The Labute approximate surface area is 123 Å². The highest BCUT2D eigenvalue weighted by Gasteiger charge is 2.33. The Bertz CT molecular complexity index is 463. The van der Waals surface area contributed by atoms with Crippen LogP contribution in [0.15, 0.2) is 5.38 Å². The van der Waals surface area contributed by atoms with Gasteiger partial charge in [0.05, 0.1) is 29.3 Å². The Kier molecular flexibility index (Phi) is 5.12. The van der Waals surface area contributed by atoms with Crippen LogP contribution in [0.2, 0.25) is 0 Å². The molecule has 1 fully saturated rings. The molecule has 1 heterocycles. The van der Waals surface area contributed by atoms with Crippen molar-refractivity contribution in [2.45, 2.75) is 57.3 Å². The molecule has 0 saturated heterocycles. The summed E-state index contributed by atoms with van der Waals surface area (Å²) in [5, 5.41) is 22.8. The highest BCUT2D eigenvalue weighted by Crippen LogP contribution is 2.23. The minimum absolute atomic E-state index is 0.0616. The van der Waals surface area contributed by atoms with Crippen molar-refractivity contribution in [1.29, 1.82) is 0 Å². The maximum Gasteiger partial charge on any atom is 0.228 e. The van der Waals surface area contributed by atoms with Gasteiger partial charge in [0.1, 0.15) is 6.10 Å². The van der Waals surface area contributed by atoms with Gasteiger partial charge in [0, 0.05) is 12.4 Å². The van der Waals surface area contributed by atoms with Crippen LogP contribution in [0, 0.1) is 6.92 Å². The van der Waals surface area contributed by atoms with Gasteiger partial charge in [-0.1, -0.05) is 12.8 Å². The maximum atomic E-state index is 12.3. The predicted molar refractivity (Wildman–Crippen MR) is 77.6 cm³/mol. The number of rotatable bonds is 3. The fraction of sp³-hybridized carbons (Fsp3) is 0.714. The van der Waals surface area contributed by atoms with E-state index in [1.54, 1.807) is 11.9 Å². The first kappa shape index (κ1) is 15.4. The molecule has 0 radical (unpaired) electrons. The number of hydrogen-bond donors (Lipinski definition) is 2. The first-order chi connectivity index (χ1) is 9.49. The summed E-state index contributed by atoms with van der Waals surface area (Å²) in [6.07, 6.45) is 1.80. The number of aliphatic hydroxyl groups excluding tert-OH is 2. The van der Waals surface area contributed by atoms with Crippen molar-refractivity contribution in [3.63, 3.8) is 0 Å². The lowest BCUT2D eigenvalue weighted by atomic mass is 10.0. The number of amides is 1. The molecule has 0 spiro atoms. The van der Waals surface area contributed by atoms with Crippen LogP contribution < -0.4 is 0 Å². The van der Waals surface area contributed by atoms with Crippen LogP contribution in [0.3, 0.4) is 0 Å². The van der Waals surface area contributed by atoms with Crippen molar-refractivity contribution >= 4 is 17.2 Å². The number of likely N-dealkylation sites (N-methyl/N-ethyl adjacent to an activating group) is 1. The number of aromatic nitrogens is 1. The lowest BCUT2D eigenvalue weighted by molar-refractivity contribution is -0.135. The zero-order valence-corrected chi connectivity index (χ0v) is 12.8. The van der Waals surface area contributed by atoms with Crippen LogP contribution in [0.5, 0.6) is 0 Å². The number of thiazole rings is 1. The molecule has 1 aromatic rings. The van der Waals surface area contributed by atoms with E-state index in [0.29, 0.717) is 6.42 Å². The van der Waals surface area contributed by atoms with Crippen LogP contribution in [0.1, 0.15) is 36.4 Å². The van der Waals surface area contributed by atoms with Gasteiger partial charge >= 0.3 is 0 Å². The van der Waals surface area contributed by atoms with E-state index in [4.69, 9.17) is 0 Å². The molecule has 0 bridgehead atoms. The van der Waals surface area contributed by atoms with E-state index in [1.165, 1.54) is 11.3 Å². The number of nitrogens with zero attached hydrogens (tertiary/aromatic N) is 2. The second-order valence-corrected chi connectivity index (χ2v) is 6.51. The van der Waals surface area contributed by atoms with Gasteiger partial charge in [0.25, 0.3) is 0 Å². The average Bonchev–Trinajstić information content (AvgIpc) is 2.74. The zero-order chi connectivity index (χ0) is 14.7. The van der Waals surface area contributed by atoms with E-state index in [9.17, 15) is 15.0 Å².